The van der Waals surface area contributed by atoms with Gasteiger partial charge in [-0.15, -0.1) is 0 Å². The number of rotatable bonds is 7. The molecule has 0 spiro atoms. The third-order valence-corrected chi connectivity index (χ3v) is 6.99. The molecule has 0 bridgehead atoms. The van der Waals surface area contributed by atoms with E-state index in [1.165, 1.54) is 31.1 Å². The number of carbonyl (C=O) groups is 2. The van der Waals surface area contributed by atoms with Crippen LogP contribution in [0.25, 0.3) is 21.9 Å². The summed E-state index contributed by atoms with van der Waals surface area (Å²) in [4.78, 5) is 32.1. The summed E-state index contributed by atoms with van der Waals surface area (Å²) in [5, 5.41) is 1.64. The van der Waals surface area contributed by atoms with Crippen molar-refractivity contribution in [3.8, 4) is 11.1 Å². The predicted molar refractivity (Wildman–Crippen MR) is 164 cm³/mol. The van der Waals surface area contributed by atoms with Crippen LogP contribution in [-0.2, 0) is 16.1 Å². The topological polar surface area (TPSA) is 59.5 Å². The van der Waals surface area contributed by atoms with Crippen molar-refractivity contribution in [3.63, 3.8) is 0 Å². The van der Waals surface area contributed by atoms with E-state index in [0.29, 0.717) is 24.3 Å². The Morgan fingerprint density at radius 2 is 1.52 bits per heavy atom. The number of methoxy groups -OCH3 is 1. The molecule has 4 aromatic rings. The SMILES string of the molecule is CC.COC(=O)c1ccc2c(N(Cc3ccc(-c4ccc(C5CC5)cc4)cc3)C(=O)CC(C)(C)C)nccc2c1. The molecule has 5 rings (SSSR count). The van der Waals surface area contributed by atoms with Gasteiger partial charge in [0.25, 0.3) is 0 Å². The fourth-order valence-corrected chi connectivity index (χ4v) is 4.80. The molecule has 40 heavy (non-hydrogen) atoms. The van der Waals surface area contributed by atoms with E-state index in [0.717, 1.165) is 27.8 Å². The molecule has 5 heteroatoms. The molecule has 0 aliphatic heterocycles. The summed E-state index contributed by atoms with van der Waals surface area (Å²) in [5.41, 5.74) is 5.09. The van der Waals surface area contributed by atoms with Gasteiger partial charge in [-0.05, 0) is 76.1 Å². The second-order valence-corrected chi connectivity index (χ2v) is 11.4. The van der Waals surface area contributed by atoms with Crippen LogP contribution in [0, 0.1) is 5.41 Å². The molecule has 1 aliphatic rings. The van der Waals surface area contributed by atoms with Crippen molar-refractivity contribution >= 4 is 28.5 Å². The average Bonchev–Trinajstić information content (AvgIpc) is 3.81. The van der Waals surface area contributed by atoms with Crippen LogP contribution in [0.1, 0.15) is 81.3 Å². The number of carbonyl (C=O) groups excluding carboxylic acids is 2. The van der Waals surface area contributed by atoms with Crippen LogP contribution in [0.15, 0.2) is 79.0 Å². The largest absolute Gasteiger partial charge is 0.465 e. The lowest BCUT2D eigenvalue weighted by Crippen LogP contribution is -2.34. The number of hydrogen-bond acceptors (Lipinski definition) is 4. The molecule has 208 valence electrons. The second-order valence-electron chi connectivity index (χ2n) is 11.4. The highest BCUT2D eigenvalue weighted by Gasteiger charge is 2.25. The number of benzene rings is 3. The van der Waals surface area contributed by atoms with Crippen molar-refractivity contribution in [2.24, 2.45) is 5.41 Å². The van der Waals surface area contributed by atoms with Crippen LogP contribution in [0.3, 0.4) is 0 Å². The predicted octanol–water partition coefficient (Wildman–Crippen LogP) is 8.56. The summed E-state index contributed by atoms with van der Waals surface area (Å²) >= 11 is 0. The Morgan fingerprint density at radius 1 is 0.900 bits per heavy atom. The standard InChI is InChI=1S/C33H34N2O3.C2H6/c1-33(2,3)20-30(36)35(31-29-16-15-28(32(37)38-4)19-27(29)17-18-34-31)21-22-5-7-23(8-6-22)24-9-11-25(12-10-24)26-13-14-26;1-2/h5-12,15-19,26H,13-14,20-21H2,1-4H3;1-2H3. The van der Waals surface area contributed by atoms with Gasteiger partial charge in [0, 0.05) is 18.0 Å². The van der Waals surface area contributed by atoms with Crippen molar-refractivity contribution < 1.29 is 14.3 Å². The maximum Gasteiger partial charge on any atom is 0.337 e. The Labute approximate surface area is 238 Å². The third kappa shape index (κ3) is 6.95. The minimum Gasteiger partial charge on any atom is -0.465 e. The summed E-state index contributed by atoms with van der Waals surface area (Å²) in [6.07, 6.45) is 4.67. The van der Waals surface area contributed by atoms with E-state index >= 15 is 0 Å². The first-order chi connectivity index (χ1) is 19.2. The van der Waals surface area contributed by atoms with Gasteiger partial charge in [0.05, 0.1) is 19.2 Å². The van der Waals surface area contributed by atoms with Gasteiger partial charge in [-0.2, -0.15) is 0 Å². The number of anilines is 1. The fourth-order valence-electron chi connectivity index (χ4n) is 4.80. The molecule has 1 heterocycles. The number of hydrogen-bond donors (Lipinski definition) is 0. The van der Waals surface area contributed by atoms with Crippen molar-refractivity contribution in [2.75, 3.05) is 12.0 Å². The van der Waals surface area contributed by atoms with E-state index in [1.54, 1.807) is 23.2 Å². The summed E-state index contributed by atoms with van der Waals surface area (Å²) in [6, 6.07) is 24.5. The van der Waals surface area contributed by atoms with Crippen molar-refractivity contribution in [1.29, 1.82) is 0 Å². The van der Waals surface area contributed by atoms with Gasteiger partial charge in [-0.25, -0.2) is 9.78 Å². The zero-order chi connectivity index (χ0) is 28.9. The molecule has 0 atom stereocenters. The maximum absolute atomic E-state index is 13.6. The fraction of sp³-hybridized carbons (Fsp3) is 0.343. The minimum absolute atomic E-state index is 0.00860. The van der Waals surface area contributed by atoms with E-state index < -0.39 is 5.97 Å². The number of pyridine rings is 1. The van der Waals surface area contributed by atoms with Gasteiger partial charge in [0.2, 0.25) is 5.91 Å². The molecule has 3 aromatic carbocycles. The van der Waals surface area contributed by atoms with Crippen LogP contribution in [0.5, 0.6) is 0 Å². The lowest BCUT2D eigenvalue weighted by molar-refractivity contribution is -0.120. The molecular formula is C35H40N2O3. The number of nitrogens with zero attached hydrogens (tertiary/aromatic N) is 2. The van der Waals surface area contributed by atoms with E-state index in [2.05, 4.69) is 74.3 Å². The normalized spacial score (nSPS) is 12.8. The Bertz CT molecular complexity index is 1460. The summed E-state index contributed by atoms with van der Waals surface area (Å²) < 4.78 is 4.88. The van der Waals surface area contributed by atoms with Crippen molar-refractivity contribution in [1.82, 2.24) is 4.98 Å². The zero-order valence-corrected chi connectivity index (χ0v) is 24.5. The lowest BCUT2D eigenvalue weighted by atomic mass is 9.91. The first-order valence-electron chi connectivity index (χ1n) is 14.2. The van der Waals surface area contributed by atoms with Gasteiger partial charge in [0.15, 0.2) is 0 Å². The highest BCUT2D eigenvalue weighted by Crippen LogP contribution is 2.40. The molecule has 1 saturated carbocycles. The Kier molecular flexibility index (Phi) is 9.03. The van der Waals surface area contributed by atoms with Crippen LogP contribution in [-0.4, -0.2) is 24.0 Å². The molecule has 0 N–H and O–H groups in total. The van der Waals surface area contributed by atoms with Crippen LogP contribution in [0.2, 0.25) is 0 Å². The van der Waals surface area contributed by atoms with Gasteiger partial charge in [0.1, 0.15) is 5.82 Å². The van der Waals surface area contributed by atoms with E-state index in [9.17, 15) is 9.59 Å². The highest BCUT2D eigenvalue weighted by molar-refractivity contribution is 6.04. The molecule has 1 fully saturated rings. The first kappa shape index (κ1) is 29.0. The van der Waals surface area contributed by atoms with E-state index in [-0.39, 0.29) is 11.3 Å². The number of aromatic nitrogens is 1. The Morgan fingerprint density at radius 3 is 2.10 bits per heavy atom. The number of ether oxygens (including phenoxy) is 1. The van der Waals surface area contributed by atoms with Crippen LogP contribution < -0.4 is 4.90 Å². The Balaban J connectivity index is 0.00000181. The lowest BCUT2D eigenvalue weighted by Gasteiger charge is -2.27. The summed E-state index contributed by atoms with van der Waals surface area (Å²) in [5.74, 6) is 0.952. The minimum atomic E-state index is -0.395. The second kappa shape index (κ2) is 12.5. The van der Waals surface area contributed by atoms with E-state index in [4.69, 9.17) is 4.74 Å². The zero-order valence-electron chi connectivity index (χ0n) is 24.5. The molecule has 0 saturated heterocycles. The number of esters is 1. The van der Waals surface area contributed by atoms with E-state index in [1.807, 2.05) is 26.0 Å². The first-order valence-corrected chi connectivity index (χ1v) is 14.2. The smallest absolute Gasteiger partial charge is 0.337 e. The Hall–Kier alpha value is -3.99. The van der Waals surface area contributed by atoms with Gasteiger partial charge < -0.3 is 4.74 Å². The molecule has 1 amide bonds. The number of amides is 1. The summed E-state index contributed by atoms with van der Waals surface area (Å²) in [6.45, 7) is 10.6. The quantitative estimate of drug-likeness (QED) is 0.222. The molecule has 5 nitrogen and oxygen atoms in total. The molecule has 1 aliphatic carbocycles. The average molecular weight is 537 g/mol. The van der Waals surface area contributed by atoms with Crippen molar-refractivity contribution in [2.45, 2.75) is 66.3 Å². The number of fused-ring (bicyclic) bond motifs is 1. The van der Waals surface area contributed by atoms with Gasteiger partial charge in [-0.3, -0.25) is 9.69 Å². The molecule has 1 aromatic heterocycles. The maximum atomic E-state index is 13.6. The molecule has 0 radical (unpaired) electrons. The van der Waals surface area contributed by atoms with Crippen LogP contribution >= 0.6 is 0 Å². The molecular weight excluding hydrogens is 496 g/mol. The molecule has 0 unspecified atom stereocenters. The van der Waals surface area contributed by atoms with Crippen LogP contribution in [0.4, 0.5) is 5.82 Å². The monoisotopic (exact) mass is 536 g/mol. The van der Waals surface area contributed by atoms with Gasteiger partial charge in [-0.1, -0.05) is 83.1 Å². The van der Waals surface area contributed by atoms with Gasteiger partial charge >= 0.3 is 5.97 Å². The summed E-state index contributed by atoms with van der Waals surface area (Å²) in [7, 11) is 1.37. The van der Waals surface area contributed by atoms with Crippen molar-refractivity contribution in [3.05, 3.63) is 95.7 Å². The highest BCUT2D eigenvalue weighted by atomic mass is 16.5. The third-order valence-electron chi connectivity index (χ3n) is 6.99.